The zero-order valence-electron chi connectivity index (χ0n) is 10.5. The summed E-state index contributed by atoms with van der Waals surface area (Å²) in [5.41, 5.74) is 0. The Morgan fingerprint density at radius 1 is 1.58 bits per heavy atom. The van der Waals surface area contributed by atoms with Gasteiger partial charge in [0.15, 0.2) is 0 Å². The molecular weight excluding hydrogens is 288 g/mol. The van der Waals surface area contributed by atoms with E-state index in [1.165, 1.54) is 0 Å². The van der Waals surface area contributed by atoms with Crippen molar-refractivity contribution < 1.29 is 9.21 Å². The summed E-state index contributed by atoms with van der Waals surface area (Å²) in [6.45, 7) is 0.413. The van der Waals surface area contributed by atoms with Crippen LogP contribution in [0, 0.1) is 0 Å². The number of furan rings is 1. The van der Waals surface area contributed by atoms with Gasteiger partial charge in [-0.15, -0.1) is 10.2 Å². The van der Waals surface area contributed by atoms with Crippen LogP contribution in [0.3, 0.4) is 0 Å². The quantitative estimate of drug-likeness (QED) is 0.912. The van der Waals surface area contributed by atoms with E-state index in [0.29, 0.717) is 6.54 Å². The molecule has 1 unspecified atom stereocenters. The third-order valence-electron chi connectivity index (χ3n) is 2.55. The van der Waals surface area contributed by atoms with Crippen molar-refractivity contribution in [2.24, 2.45) is 0 Å². The molecule has 0 spiro atoms. The molecule has 1 N–H and O–H groups in total. The maximum absolute atomic E-state index is 11.8. The van der Waals surface area contributed by atoms with Crippen molar-refractivity contribution in [2.45, 2.75) is 6.04 Å². The number of likely N-dealkylation sites (N-methyl/N-ethyl adjacent to an activating group) is 1. The van der Waals surface area contributed by atoms with Gasteiger partial charge < -0.3 is 9.73 Å². The summed E-state index contributed by atoms with van der Waals surface area (Å²) in [5, 5.41) is 10.3. The molecule has 0 radical (unpaired) electrons. The van der Waals surface area contributed by atoms with Crippen LogP contribution in [0.15, 0.2) is 22.8 Å². The number of nitrogens with zero attached hydrogens (tertiary/aromatic N) is 3. The van der Waals surface area contributed by atoms with Gasteiger partial charge in [0.2, 0.25) is 9.47 Å². The van der Waals surface area contributed by atoms with Gasteiger partial charge in [0, 0.05) is 6.54 Å². The van der Waals surface area contributed by atoms with E-state index in [1.807, 2.05) is 31.1 Å². The fourth-order valence-electron chi connectivity index (χ4n) is 1.58. The highest BCUT2D eigenvalue weighted by Gasteiger charge is 2.19. The topological polar surface area (TPSA) is 71.3 Å². The van der Waals surface area contributed by atoms with Crippen molar-refractivity contribution in [2.75, 3.05) is 20.6 Å². The highest BCUT2D eigenvalue weighted by atomic mass is 35.5. The van der Waals surface area contributed by atoms with Gasteiger partial charge >= 0.3 is 0 Å². The molecule has 2 aromatic heterocycles. The molecule has 8 heteroatoms. The van der Waals surface area contributed by atoms with E-state index < -0.39 is 0 Å². The number of halogens is 1. The first-order valence-corrected chi connectivity index (χ1v) is 6.74. The molecule has 6 nitrogen and oxygen atoms in total. The van der Waals surface area contributed by atoms with Crippen molar-refractivity contribution in [3.8, 4) is 0 Å². The molecule has 0 aliphatic carbocycles. The summed E-state index contributed by atoms with van der Waals surface area (Å²) in [7, 11) is 3.84. The average Bonchev–Trinajstić information content (AvgIpc) is 3.00. The normalized spacial score (nSPS) is 12.6. The standard InChI is InChI=1S/C11H13ClN4O2S/c1-16(2)7(8-4-3-5-18-8)6-13-9(17)10-14-15-11(12)19-10/h3-5,7H,6H2,1-2H3,(H,13,17). The van der Waals surface area contributed by atoms with Crippen LogP contribution in [0.5, 0.6) is 0 Å². The third-order valence-corrected chi connectivity index (χ3v) is 3.56. The highest BCUT2D eigenvalue weighted by molar-refractivity contribution is 7.17. The van der Waals surface area contributed by atoms with Crippen LogP contribution in [0.2, 0.25) is 4.47 Å². The van der Waals surface area contributed by atoms with Gasteiger partial charge in [-0.05, 0) is 37.8 Å². The summed E-state index contributed by atoms with van der Waals surface area (Å²) in [6, 6.07) is 3.65. The Balaban J connectivity index is 1.98. The number of carbonyl (C=O) groups excluding carboxylic acids is 1. The van der Waals surface area contributed by atoms with E-state index in [-0.39, 0.29) is 21.4 Å². The number of amides is 1. The van der Waals surface area contributed by atoms with E-state index in [4.69, 9.17) is 16.0 Å². The van der Waals surface area contributed by atoms with Gasteiger partial charge in [-0.25, -0.2) is 0 Å². The van der Waals surface area contributed by atoms with Crippen LogP contribution in [0.25, 0.3) is 0 Å². The maximum Gasteiger partial charge on any atom is 0.282 e. The molecule has 0 saturated heterocycles. The minimum Gasteiger partial charge on any atom is -0.468 e. The van der Waals surface area contributed by atoms with Gasteiger partial charge in [-0.1, -0.05) is 11.3 Å². The van der Waals surface area contributed by atoms with E-state index >= 15 is 0 Å². The fraction of sp³-hybridized carbons (Fsp3) is 0.364. The zero-order chi connectivity index (χ0) is 13.8. The molecule has 0 saturated carbocycles. The Bertz CT molecular complexity index is 541. The van der Waals surface area contributed by atoms with E-state index in [0.717, 1.165) is 17.1 Å². The first-order chi connectivity index (χ1) is 9.08. The zero-order valence-corrected chi connectivity index (χ0v) is 12.0. The monoisotopic (exact) mass is 300 g/mol. The molecule has 0 aromatic carbocycles. The van der Waals surface area contributed by atoms with Crippen LogP contribution >= 0.6 is 22.9 Å². The molecule has 0 bridgehead atoms. The van der Waals surface area contributed by atoms with E-state index in [2.05, 4.69) is 15.5 Å². The van der Waals surface area contributed by atoms with Gasteiger partial charge in [0.05, 0.1) is 12.3 Å². The fourth-order valence-corrected chi connectivity index (χ4v) is 2.33. The second kappa shape index (κ2) is 6.14. The van der Waals surface area contributed by atoms with E-state index in [9.17, 15) is 4.79 Å². The summed E-state index contributed by atoms with van der Waals surface area (Å²) in [6.07, 6.45) is 1.61. The van der Waals surface area contributed by atoms with Gasteiger partial charge in [-0.2, -0.15) is 0 Å². The van der Waals surface area contributed by atoms with Crippen LogP contribution in [-0.4, -0.2) is 41.6 Å². The second-order valence-corrected chi connectivity index (χ2v) is 5.62. The Kier molecular flexibility index (Phi) is 4.52. The molecule has 1 atom stereocenters. The highest BCUT2D eigenvalue weighted by Crippen LogP contribution is 2.18. The van der Waals surface area contributed by atoms with E-state index in [1.54, 1.807) is 6.26 Å². The second-order valence-electron chi connectivity index (χ2n) is 4.07. The number of rotatable bonds is 5. The lowest BCUT2D eigenvalue weighted by Crippen LogP contribution is -2.34. The minimum absolute atomic E-state index is 0.0395. The molecule has 0 aliphatic heterocycles. The Labute approximate surface area is 119 Å². The Morgan fingerprint density at radius 3 is 2.89 bits per heavy atom. The molecule has 19 heavy (non-hydrogen) atoms. The molecule has 2 aromatic rings. The number of hydrogen-bond acceptors (Lipinski definition) is 6. The minimum atomic E-state index is -0.289. The first-order valence-electron chi connectivity index (χ1n) is 5.55. The Morgan fingerprint density at radius 2 is 2.37 bits per heavy atom. The van der Waals surface area contributed by atoms with Gasteiger partial charge in [0.1, 0.15) is 5.76 Å². The molecular formula is C11H13ClN4O2S. The number of nitrogens with one attached hydrogen (secondary N) is 1. The molecule has 2 heterocycles. The van der Waals surface area contributed by atoms with Crippen LogP contribution in [0.1, 0.15) is 21.6 Å². The summed E-state index contributed by atoms with van der Waals surface area (Å²) < 4.78 is 5.61. The number of hydrogen-bond donors (Lipinski definition) is 1. The lowest BCUT2D eigenvalue weighted by molar-refractivity contribution is 0.0938. The molecule has 2 rings (SSSR count). The molecule has 0 aliphatic rings. The Hall–Kier alpha value is -1.44. The van der Waals surface area contributed by atoms with Crippen molar-refractivity contribution in [1.82, 2.24) is 20.4 Å². The largest absolute Gasteiger partial charge is 0.468 e. The van der Waals surface area contributed by atoms with Gasteiger partial charge in [-0.3, -0.25) is 9.69 Å². The van der Waals surface area contributed by atoms with Crippen LogP contribution < -0.4 is 5.32 Å². The van der Waals surface area contributed by atoms with Crippen LogP contribution in [0.4, 0.5) is 0 Å². The summed E-state index contributed by atoms with van der Waals surface area (Å²) in [4.78, 5) is 13.8. The first kappa shape index (κ1) is 14.0. The number of aromatic nitrogens is 2. The summed E-state index contributed by atoms with van der Waals surface area (Å²) >= 11 is 6.69. The summed E-state index contributed by atoms with van der Waals surface area (Å²) in [5.74, 6) is 0.503. The van der Waals surface area contributed by atoms with Gasteiger partial charge in [0.25, 0.3) is 5.91 Å². The average molecular weight is 301 g/mol. The number of carbonyl (C=O) groups is 1. The predicted molar refractivity (Wildman–Crippen MR) is 72.4 cm³/mol. The molecule has 0 fully saturated rings. The SMILES string of the molecule is CN(C)C(CNC(=O)c1nnc(Cl)s1)c1ccco1. The lowest BCUT2D eigenvalue weighted by Gasteiger charge is -2.22. The predicted octanol–water partition coefficient (Wildman–Crippen LogP) is 1.82. The van der Waals surface area contributed by atoms with Crippen molar-refractivity contribution >= 4 is 28.8 Å². The third kappa shape index (κ3) is 3.52. The molecule has 1 amide bonds. The maximum atomic E-state index is 11.8. The van der Waals surface area contributed by atoms with Crippen LogP contribution in [-0.2, 0) is 0 Å². The van der Waals surface area contributed by atoms with Crippen molar-refractivity contribution in [1.29, 1.82) is 0 Å². The van der Waals surface area contributed by atoms with Crippen molar-refractivity contribution in [3.05, 3.63) is 33.6 Å². The lowest BCUT2D eigenvalue weighted by atomic mass is 10.2. The smallest absolute Gasteiger partial charge is 0.282 e. The molecule has 102 valence electrons. The van der Waals surface area contributed by atoms with Crippen molar-refractivity contribution in [3.63, 3.8) is 0 Å².